The zero-order valence-corrected chi connectivity index (χ0v) is 9.51. The summed E-state index contributed by atoms with van der Waals surface area (Å²) in [5.74, 6) is -1.29. The minimum Gasteiger partial charge on any atom is -0.455 e. The van der Waals surface area contributed by atoms with E-state index in [1.807, 2.05) is 0 Å². The van der Waals surface area contributed by atoms with E-state index in [4.69, 9.17) is 4.74 Å². The van der Waals surface area contributed by atoms with Crippen LogP contribution in [0.2, 0.25) is 0 Å². The summed E-state index contributed by atoms with van der Waals surface area (Å²) in [7, 11) is -3.89. The predicted molar refractivity (Wildman–Crippen MR) is 49.1 cm³/mol. The van der Waals surface area contributed by atoms with E-state index < -0.39 is 39.7 Å². The fraction of sp³-hybridized carbons (Fsp3) is 0.875. The van der Waals surface area contributed by atoms with Gasteiger partial charge in [-0.25, -0.2) is 8.57 Å². The van der Waals surface area contributed by atoms with Gasteiger partial charge in [-0.05, 0) is 20.8 Å². The Balaban J connectivity index is 2.66. The van der Waals surface area contributed by atoms with Crippen LogP contribution in [0, 0.1) is 5.41 Å². The van der Waals surface area contributed by atoms with Crippen LogP contribution >= 0.6 is 0 Å². The van der Waals surface area contributed by atoms with Gasteiger partial charge in [0.15, 0.2) is 6.10 Å². The van der Waals surface area contributed by atoms with Gasteiger partial charge in [0.2, 0.25) is 0 Å². The van der Waals surface area contributed by atoms with Crippen LogP contribution in [-0.2, 0) is 23.8 Å². The minimum absolute atomic E-state index is 0.629. The molecule has 1 fully saturated rings. The highest BCUT2D eigenvalue weighted by molar-refractivity contribution is 7.87. The van der Waals surface area contributed by atoms with E-state index in [2.05, 4.69) is 4.18 Å². The molecule has 0 aromatic rings. The van der Waals surface area contributed by atoms with E-state index in [1.54, 1.807) is 20.8 Å². The zero-order chi connectivity index (χ0) is 11.9. The number of alkyl halides is 1. The molecule has 0 aromatic carbocycles. The molecule has 0 N–H and O–H groups in total. The lowest BCUT2D eigenvalue weighted by molar-refractivity contribution is -0.164. The smallest absolute Gasteiger partial charge is 0.311 e. The van der Waals surface area contributed by atoms with Crippen molar-refractivity contribution in [1.29, 1.82) is 0 Å². The van der Waals surface area contributed by atoms with Crippen LogP contribution in [0.5, 0.6) is 0 Å². The lowest BCUT2D eigenvalue weighted by Gasteiger charge is -2.19. The third-order valence-corrected chi connectivity index (χ3v) is 2.98. The number of rotatable bonds is 1. The van der Waals surface area contributed by atoms with Crippen molar-refractivity contribution in [2.45, 2.75) is 33.2 Å². The monoisotopic (exact) mass is 240 g/mol. The van der Waals surface area contributed by atoms with E-state index >= 15 is 0 Å². The van der Waals surface area contributed by atoms with Crippen molar-refractivity contribution in [3.63, 3.8) is 0 Å². The van der Waals surface area contributed by atoms with Crippen LogP contribution in [-0.4, -0.2) is 32.6 Å². The normalized spacial score (nSPS) is 30.1. The first-order chi connectivity index (χ1) is 6.62. The molecule has 0 aliphatic carbocycles. The molecule has 2 atom stereocenters. The van der Waals surface area contributed by atoms with Gasteiger partial charge in [-0.15, -0.1) is 0 Å². The summed E-state index contributed by atoms with van der Waals surface area (Å²) in [4.78, 5) is 11.3. The molecule has 2 unspecified atom stereocenters. The number of halogens is 1. The Bertz CT molecular complexity index is 356. The van der Waals surface area contributed by atoms with Crippen LogP contribution in [0.4, 0.5) is 4.39 Å². The molecule has 0 saturated carbocycles. The van der Waals surface area contributed by atoms with Crippen LogP contribution in [0.25, 0.3) is 0 Å². The molecule has 0 spiro atoms. The topological polar surface area (TPSA) is 69.7 Å². The summed E-state index contributed by atoms with van der Waals surface area (Å²) in [6.45, 7) is 4.77. The fourth-order valence-electron chi connectivity index (χ4n) is 0.920. The molecule has 0 bridgehead atoms. The highest BCUT2D eigenvalue weighted by atomic mass is 32.2. The van der Waals surface area contributed by atoms with E-state index in [-0.39, 0.29) is 0 Å². The summed E-state index contributed by atoms with van der Waals surface area (Å²) in [6, 6.07) is 0. The van der Waals surface area contributed by atoms with Gasteiger partial charge in [-0.3, -0.25) is 4.79 Å². The van der Waals surface area contributed by atoms with Gasteiger partial charge in [-0.1, -0.05) is 0 Å². The first kappa shape index (κ1) is 12.4. The van der Waals surface area contributed by atoms with Crippen LogP contribution in [0.15, 0.2) is 0 Å². The standard InChI is InChI=1S/C8H13FO5S/c1-8(2,3)7(10)13-5-4-15(11,12)14-6(5)9/h5-6H,4H2,1-3H3. The van der Waals surface area contributed by atoms with Gasteiger partial charge in [0.05, 0.1) is 5.41 Å². The lowest BCUT2D eigenvalue weighted by Crippen LogP contribution is -2.32. The summed E-state index contributed by atoms with van der Waals surface area (Å²) in [5, 5.41) is 0. The average Bonchev–Trinajstić information content (AvgIpc) is 2.22. The molecule has 0 aromatic heterocycles. The maximum atomic E-state index is 13.0. The maximum Gasteiger partial charge on any atom is 0.311 e. The molecule has 1 heterocycles. The van der Waals surface area contributed by atoms with Crippen molar-refractivity contribution in [2.24, 2.45) is 5.41 Å². The lowest BCUT2D eigenvalue weighted by atomic mass is 9.97. The molecular weight excluding hydrogens is 227 g/mol. The predicted octanol–water partition coefficient (Wildman–Crippen LogP) is 0.600. The van der Waals surface area contributed by atoms with Crippen molar-refractivity contribution in [1.82, 2.24) is 0 Å². The second kappa shape index (κ2) is 3.71. The van der Waals surface area contributed by atoms with Gasteiger partial charge in [-0.2, -0.15) is 8.42 Å². The van der Waals surface area contributed by atoms with Gasteiger partial charge in [0, 0.05) is 0 Å². The molecular formula is C8H13FO5S. The third-order valence-electron chi connectivity index (χ3n) is 1.77. The van der Waals surface area contributed by atoms with Crippen LogP contribution in [0.3, 0.4) is 0 Å². The Hall–Kier alpha value is -0.690. The summed E-state index contributed by atoms with van der Waals surface area (Å²) >= 11 is 0. The maximum absolute atomic E-state index is 13.0. The van der Waals surface area contributed by atoms with E-state index in [0.29, 0.717) is 0 Å². The van der Waals surface area contributed by atoms with Gasteiger partial charge in [0.1, 0.15) is 5.75 Å². The van der Waals surface area contributed by atoms with Crippen molar-refractivity contribution >= 4 is 16.1 Å². The summed E-state index contributed by atoms with van der Waals surface area (Å²) in [6.07, 6.45) is -3.46. The Kier molecular flexibility index (Phi) is 3.06. The Morgan fingerprint density at radius 3 is 2.33 bits per heavy atom. The molecule has 1 aliphatic heterocycles. The summed E-state index contributed by atoms with van der Waals surface area (Å²) in [5.41, 5.74) is -0.800. The Morgan fingerprint density at radius 2 is 2.00 bits per heavy atom. The molecule has 1 aliphatic rings. The van der Waals surface area contributed by atoms with Crippen molar-refractivity contribution < 1.29 is 26.5 Å². The largest absolute Gasteiger partial charge is 0.455 e. The third kappa shape index (κ3) is 3.13. The summed E-state index contributed by atoms with van der Waals surface area (Å²) < 4.78 is 43.3. The number of ether oxygens (including phenoxy) is 1. The Morgan fingerprint density at radius 1 is 1.47 bits per heavy atom. The van der Waals surface area contributed by atoms with Gasteiger partial charge in [0.25, 0.3) is 16.5 Å². The highest BCUT2D eigenvalue weighted by Gasteiger charge is 2.43. The van der Waals surface area contributed by atoms with Crippen LogP contribution < -0.4 is 0 Å². The molecule has 88 valence electrons. The SMILES string of the molecule is CC(C)(C)C(=O)OC1CS(=O)(=O)OC1F. The van der Waals surface area contributed by atoms with E-state index in [9.17, 15) is 17.6 Å². The molecule has 7 heteroatoms. The Labute approximate surface area is 87.7 Å². The van der Waals surface area contributed by atoms with Crippen molar-refractivity contribution in [3.05, 3.63) is 0 Å². The fourth-order valence-corrected chi connectivity index (χ4v) is 2.02. The number of carbonyl (C=O) groups is 1. The second-order valence-electron chi connectivity index (χ2n) is 4.37. The molecule has 15 heavy (non-hydrogen) atoms. The number of carbonyl (C=O) groups excluding carboxylic acids is 1. The number of esters is 1. The van der Waals surface area contributed by atoms with Crippen molar-refractivity contribution in [2.75, 3.05) is 5.75 Å². The molecule has 1 saturated heterocycles. The molecule has 0 amide bonds. The zero-order valence-electron chi connectivity index (χ0n) is 8.69. The van der Waals surface area contributed by atoms with Crippen LogP contribution in [0.1, 0.15) is 20.8 Å². The van der Waals surface area contributed by atoms with Gasteiger partial charge < -0.3 is 4.74 Å². The molecule has 5 nitrogen and oxygen atoms in total. The van der Waals surface area contributed by atoms with E-state index in [0.717, 1.165) is 0 Å². The first-order valence-corrected chi connectivity index (χ1v) is 5.96. The first-order valence-electron chi connectivity index (χ1n) is 4.38. The molecule has 1 rings (SSSR count). The molecule has 0 radical (unpaired) electrons. The highest BCUT2D eigenvalue weighted by Crippen LogP contribution is 2.24. The van der Waals surface area contributed by atoms with E-state index in [1.165, 1.54) is 0 Å². The van der Waals surface area contributed by atoms with Crippen molar-refractivity contribution in [3.8, 4) is 0 Å². The number of hydrogen-bond acceptors (Lipinski definition) is 5. The minimum atomic E-state index is -3.89. The second-order valence-corrected chi connectivity index (χ2v) is 6.01. The average molecular weight is 240 g/mol. The number of hydrogen-bond donors (Lipinski definition) is 0. The van der Waals surface area contributed by atoms with Gasteiger partial charge >= 0.3 is 5.97 Å². The quantitative estimate of drug-likeness (QED) is 0.496.